The minimum atomic E-state index is -3.70. The number of anilines is 2. The van der Waals surface area contributed by atoms with E-state index in [1.165, 1.54) is 4.31 Å². The first-order valence-electron chi connectivity index (χ1n) is 9.26. The number of fused-ring (bicyclic) bond motifs is 1. The van der Waals surface area contributed by atoms with Crippen LogP contribution < -0.4 is 9.04 Å². The van der Waals surface area contributed by atoms with Gasteiger partial charge < -0.3 is 14.7 Å². The summed E-state index contributed by atoms with van der Waals surface area (Å²) in [6.07, 6.45) is 1.06. The number of ether oxygens (including phenoxy) is 1. The summed E-state index contributed by atoms with van der Waals surface area (Å²) in [6.45, 7) is 4.25. The van der Waals surface area contributed by atoms with Crippen molar-refractivity contribution in [3.63, 3.8) is 0 Å². The summed E-state index contributed by atoms with van der Waals surface area (Å²) in [5.41, 5.74) is 0.213. The molecule has 0 aromatic heterocycles. The molecule has 0 aliphatic carbocycles. The van der Waals surface area contributed by atoms with E-state index < -0.39 is 15.5 Å². The third kappa shape index (κ3) is 4.78. The van der Waals surface area contributed by atoms with E-state index in [0.717, 1.165) is 13.1 Å². The van der Waals surface area contributed by atoms with Crippen LogP contribution in [0, 0.1) is 0 Å². The fraction of sp³-hybridized carbons (Fsp3) is 0.400. The van der Waals surface area contributed by atoms with E-state index in [4.69, 9.17) is 9.84 Å². The summed E-state index contributed by atoms with van der Waals surface area (Å²) in [7, 11) is -3.70. The molecule has 1 aliphatic rings. The highest BCUT2D eigenvalue weighted by atomic mass is 35.5. The highest BCUT2D eigenvalue weighted by molar-refractivity contribution is 7.93. The topological polar surface area (TPSA) is 70.1 Å². The van der Waals surface area contributed by atoms with Gasteiger partial charge in [0.2, 0.25) is 5.44 Å². The molecule has 6 nitrogen and oxygen atoms in total. The Labute approximate surface area is 173 Å². The highest BCUT2D eigenvalue weighted by Gasteiger charge is 2.40. The molecular weight excluding hydrogens is 400 g/mol. The number of aliphatic hydroxyl groups excluding tert-OH is 1. The number of halogens is 1. The molecule has 28 heavy (non-hydrogen) atoms. The first-order chi connectivity index (χ1) is 13.1. The second-order valence-electron chi connectivity index (χ2n) is 6.46. The average molecular weight is 427 g/mol. The van der Waals surface area contributed by atoms with Gasteiger partial charge in [-0.3, -0.25) is 0 Å². The van der Waals surface area contributed by atoms with Crippen LogP contribution >= 0.6 is 12.4 Å². The number of nitrogens with zero attached hydrogens (tertiary/aromatic N) is 2. The Morgan fingerprint density at radius 3 is 2.43 bits per heavy atom. The predicted molar refractivity (Wildman–Crippen MR) is 114 cm³/mol. The Morgan fingerprint density at radius 1 is 1.07 bits per heavy atom. The number of hydrogen-bond acceptors (Lipinski definition) is 5. The van der Waals surface area contributed by atoms with Gasteiger partial charge in [-0.1, -0.05) is 37.3 Å². The summed E-state index contributed by atoms with van der Waals surface area (Å²) >= 11 is 0. The maximum Gasteiger partial charge on any atom is 0.277 e. The van der Waals surface area contributed by atoms with Gasteiger partial charge in [-0.2, -0.15) is 0 Å². The van der Waals surface area contributed by atoms with Gasteiger partial charge >= 0.3 is 0 Å². The lowest BCUT2D eigenvalue weighted by Gasteiger charge is -2.35. The van der Waals surface area contributed by atoms with Gasteiger partial charge in [0, 0.05) is 13.0 Å². The van der Waals surface area contributed by atoms with Crippen molar-refractivity contribution in [3.05, 3.63) is 54.6 Å². The van der Waals surface area contributed by atoms with Crippen LogP contribution in [0.5, 0.6) is 5.75 Å². The monoisotopic (exact) mass is 426 g/mol. The molecule has 0 saturated heterocycles. The zero-order valence-corrected chi connectivity index (χ0v) is 17.5. The van der Waals surface area contributed by atoms with E-state index >= 15 is 0 Å². The Balaban J connectivity index is 0.00000280. The fourth-order valence-corrected chi connectivity index (χ4v) is 5.06. The molecule has 154 valence electrons. The van der Waals surface area contributed by atoms with Crippen LogP contribution in [0.15, 0.2) is 54.6 Å². The van der Waals surface area contributed by atoms with Gasteiger partial charge in [-0.25, -0.2) is 12.7 Å². The third-order valence-corrected chi connectivity index (χ3v) is 6.61. The van der Waals surface area contributed by atoms with Gasteiger partial charge in [-0.05, 0) is 43.8 Å². The van der Waals surface area contributed by atoms with Crippen molar-refractivity contribution in [1.82, 2.24) is 4.90 Å². The van der Waals surface area contributed by atoms with Crippen LogP contribution in [0.4, 0.5) is 11.4 Å². The SMILES string of the molecule is CCN(CCO)CCCC1Oc2ccccc2N(c2ccccc2)S1(=O)=O.Cl. The molecule has 0 radical (unpaired) electrons. The number of aliphatic hydroxyl groups is 1. The summed E-state index contributed by atoms with van der Waals surface area (Å²) < 4.78 is 33.9. The number of hydrogen-bond donors (Lipinski definition) is 1. The Morgan fingerprint density at radius 2 is 1.75 bits per heavy atom. The quantitative estimate of drug-likeness (QED) is 0.700. The molecule has 3 rings (SSSR count). The largest absolute Gasteiger partial charge is 0.470 e. The van der Waals surface area contributed by atoms with Gasteiger partial charge in [0.25, 0.3) is 10.0 Å². The summed E-state index contributed by atoms with van der Waals surface area (Å²) in [6, 6.07) is 16.3. The third-order valence-electron chi connectivity index (χ3n) is 4.70. The number of para-hydroxylation sites is 3. The standard InChI is InChI=1S/C20H26N2O4S.ClH/c1-2-21(15-16-23)14-8-13-20-26-19-12-7-6-11-18(19)22(27(20,24)25)17-9-4-3-5-10-17;/h3-7,9-12,20,23H,2,8,13-16H2,1H3;1H. The number of likely N-dealkylation sites (N-methyl/N-ethyl adjacent to an activating group) is 1. The second kappa shape index (κ2) is 10.1. The molecule has 8 heteroatoms. The minimum absolute atomic E-state index is 0. The van der Waals surface area contributed by atoms with Gasteiger partial charge in [0.05, 0.1) is 18.0 Å². The maximum absolute atomic E-state index is 13.3. The molecule has 1 heterocycles. The van der Waals surface area contributed by atoms with Crippen molar-refractivity contribution in [2.45, 2.75) is 25.2 Å². The number of benzene rings is 2. The first kappa shape index (κ1) is 22.5. The Hall–Kier alpha value is -1.80. The molecule has 1 atom stereocenters. The van der Waals surface area contributed by atoms with Gasteiger partial charge in [0.1, 0.15) is 5.75 Å². The summed E-state index contributed by atoms with van der Waals surface area (Å²) in [4.78, 5) is 2.10. The first-order valence-corrected chi connectivity index (χ1v) is 10.8. The van der Waals surface area contributed by atoms with E-state index in [-0.39, 0.29) is 19.0 Å². The molecule has 1 aliphatic heterocycles. The second-order valence-corrected chi connectivity index (χ2v) is 8.38. The van der Waals surface area contributed by atoms with Crippen LogP contribution in [-0.4, -0.2) is 50.1 Å². The van der Waals surface area contributed by atoms with Crippen LogP contribution in [0.1, 0.15) is 19.8 Å². The number of sulfonamides is 1. The highest BCUT2D eigenvalue weighted by Crippen LogP contribution is 2.42. The van der Waals surface area contributed by atoms with Gasteiger partial charge in [0.15, 0.2) is 0 Å². The molecule has 1 N–H and O–H groups in total. The van der Waals surface area contributed by atoms with Crippen molar-refractivity contribution in [1.29, 1.82) is 0 Å². The zero-order valence-electron chi connectivity index (χ0n) is 15.9. The summed E-state index contributed by atoms with van der Waals surface area (Å²) in [5, 5.41) is 9.10. The lowest BCUT2D eigenvalue weighted by molar-refractivity contribution is 0.190. The van der Waals surface area contributed by atoms with Crippen molar-refractivity contribution in [2.75, 3.05) is 30.5 Å². The predicted octanol–water partition coefficient (Wildman–Crippen LogP) is 3.39. The van der Waals surface area contributed by atoms with E-state index in [1.54, 1.807) is 24.3 Å². The molecule has 0 spiro atoms. The molecule has 0 saturated carbocycles. The lowest BCUT2D eigenvalue weighted by atomic mass is 10.2. The average Bonchev–Trinajstić information content (AvgIpc) is 2.68. The molecular formula is C20H27ClN2O4S. The molecule has 2 aromatic carbocycles. The van der Waals surface area contributed by atoms with Crippen LogP contribution in [0.2, 0.25) is 0 Å². The van der Waals surface area contributed by atoms with E-state index in [0.29, 0.717) is 36.5 Å². The molecule has 0 fully saturated rings. The van der Waals surface area contributed by atoms with Crippen molar-refractivity contribution in [2.24, 2.45) is 0 Å². The van der Waals surface area contributed by atoms with E-state index in [1.807, 2.05) is 37.3 Å². The number of rotatable bonds is 8. The van der Waals surface area contributed by atoms with Crippen LogP contribution in [-0.2, 0) is 10.0 Å². The van der Waals surface area contributed by atoms with E-state index in [2.05, 4.69) is 4.90 Å². The van der Waals surface area contributed by atoms with Crippen molar-refractivity contribution < 1.29 is 18.3 Å². The normalized spacial score (nSPS) is 17.5. The van der Waals surface area contributed by atoms with Crippen LogP contribution in [0.25, 0.3) is 0 Å². The molecule has 0 bridgehead atoms. The zero-order chi connectivity index (χ0) is 19.3. The maximum atomic E-state index is 13.3. The lowest BCUT2D eigenvalue weighted by Crippen LogP contribution is -2.43. The van der Waals surface area contributed by atoms with Crippen molar-refractivity contribution in [3.8, 4) is 5.75 Å². The molecule has 1 unspecified atom stereocenters. The minimum Gasteiger partial charge on any atom is -0.470 e. The molecule has 0 amide bonds. The fourth-order valence-electron chi connectivity index (χ4n) is 3.29. The Bertz CT molecular complexity index is 848. The van der Waals surface area contributed by atoms with Gasteiger partial charge in [-0.15, -0.1) is 12.4 Å². The summed E-state index contributed by atoms with van der Waals surface area (Å²) in [5.74, 6) is 0.573. The Kier molecular flexibility index (Phi) is 8.12. The molecule has 2 aromatic rings. The van der Waals surface area contributed by atoms with Crippen LogP contribution in [0.3, 0.4) is 0 Å². The van der Waals surface area contributed by atoms with E-state index in [9.17, 15) is 8.42 Å². The van der Waals surface area contributed by atoms with Crippen molar-refractivity contribution >= 4 is 33.8 Å². The smallest absolute Gasteiger partial charge is 0.277 e.